The molecule has 1 saturated heterocycles. The highest BCUT2D eigenvalue weighted by Gasteiger charge is 2.46. The van der Waals surface area contributed by atoms with Gasteiger partial charge in [0.05, 0.1) is 29.6 Å². The molecule has 24 heavy (non-hydrogen) atoms. The normalized spacial score (nSPS) is 19.5. The van der Waals surface area contributed by atoms with Crippen molar-refractivity contribution in [3.8, 4) is 0 Å². The van der Waals surface area contributed by atoms with Crippen LogP contribution in [0.3, 0.4) is 0 Å². The van der Waals surface area contributed by atoms with Gasteiger partial charge in [0.15, 0.2) is 5.70 Å². The maximum Gasteiger partial charge on any atom is 0.358 e. The summed E-state index contributed by atoms with van der Waals surface area (Å²) in [6.07, 6.45) is 0.404. The Balaban J connectivity index is 1.70. The van der Waals surface area contributed by atoms with Crippen molar-refractivity contribution >= 4 is 29.3 Å². The van der Waals surface area contributed by atoms with Crippen molar-refractivity contribution in [3.05, 3.63) is 51.4 Å². The van der Waals surface area contributed by atoms with Crippen LogP contribution in [-0.4, -0.2) is 39.9 Å². The summed E-state index contributed by atoms with van der Waals surface area (Å²) < 4.78 is 10.5. The number of fused-ring (bicyclic) bond motifs is 1. The third-order valence-corrected chi connectivity index (χ3v) is 4.97. The molecule has 1 aromatic rings. The number of carbonyl (C=O) groups is 2. The van der Waals surface area contributed by atoms with Crippen molar-refractivity contribution in [1.82, 2.24) is 4.90 Å². The highest BCUT2D eigenvalue weighted by Crippen LogP contribution is 2.40. The predicted molar refractivity (Wildman–Crippen MR) is 84.6 cm³/mol. The first kappa shape index (κ1) is 16.3. The van der Waals surface area contributed by atoms with Crippen LogP contribution in [0.25, 0.3) is 0 Å². The molecule has 3 rings (SSSR count). The molecule has 2 aliphatic heterocycles. The molecule has 0 spiro atoms. The van der Waals surface area contributed by atoms with Crippen molar-refractivity contribution in [2.75, 3.05) is 12.9 Å². The summed E-state index contributed by atoms with van der Waals surface area (Å²) in [5.41, 5.74) is 0.734. The third-order valence-electron chi connectivity index (χ3n) is 3.77. The second-order valence-electron chi connectivity index (χ2n) is 5.21. The fourth-order valence-corrected chi connectivity index (χ4v) is 3.69. The van der Waals surface area contributed by atoms with Gasteiger partial charge in [-0.05, 0) is 17.7 Å². The van der Waals surface area contributed by atoms with E-state index in [-0.39, 0.29) is 29.3 Å². The van der Waals surface area contributed by atoms with Gasteiger partial charge in [-0.15, -0.1) is 11.8 Å². The molecule has 0 radical (unpaired) electrons. The topological polar surface area (TPSA) is 99.0 Å². The number of nitrogens with zero attached hydrogens (tertiary/aromatic N) is 2. The number of non-ortho nitro benzene ring substituents is 1. The average molecular weight is 350 g/mol. The second-order valence-corrected chi connectivity index (χ2v) is 6.38. The van der Waals surface area contributed by atoms with E-state index in [1.807, 2.05) is 0 Å². The maximum atomic E-state index is 12.4. The predicted octanol–water partition coefficient (Wildman–Crippen LogP) is 1.80. The van der Waals surface area contributed by atoms with Gasteiger partial charge in [0, 0.05) is 12.1 Å². The summed E-state index contributed by atoms with van der Waals surface area (Å²) in [7, 11) is 1.45. The Hall–Kier alpha value is -2.55. The van der Waals surface area contributed by atoms with Crippen LogP contribution in [0, 0.1) is 10.1 Å². The number of esters is 1. The molecule has 0 aliphatic carbocycles. The lowest BCUT2D eigenvalue weighted by molar-refractivity contribution is -0.384. The number of carbonyl (C=O) groups excluding carboxylic acids is 2. The number of methoxy groups -OCH3 is 1. The van der Waals surface area contributed by atoms with Crippen molar-refractivity contribution in [2.45, 2.75) is 18.4 Å². The maximum absolute atomic E-state index is 12.4. The van der Waals surface area contributed by atoms with Gasteiger partial charge >= 0.3 is 5.97 Å². The molecular formula is C15H14N2O6S. The molecule has 1 fully saturated rings. The monoisotopic (exact) mass is 350 g/mol. The van der Waals surface area contributed by atoms with Gasteiger partial charge in [0.1, 0.15) is 12.4 Å². The zero-order valence-electron chi connectivity index (χ0n) is 12.8. The number of rotatable bonds is 5. The van der Waals surface area contributed by atoms with Crippen LogP contribution in [0.5, 0.6) is 0 Å². The molecular weight excluding hydrogens is 336 g/mol. The Labute approximate surface area is 141 Å². The minimum atomic E-state index is -0.636. The molecule has 0 aromatic heterocycles. The van der Waals surface area contributed by atoms with E-state index >= 15 is 0 Å². The molecule has 0 saturated carbocycles. The molecule has 0 unspecified atom stereocenters. The minimum absolute atomic E-state index is 0.0345. The number of hydrogen-bond acceptors (Lipinski definition) is 7. The van der Waals surface area contributed by atoms with E-state index in [9.17, 15) is 19.7 Å². The molecule has 0 N–H and O–H groups in total. The Morgan fingerprint density at radius 1 is 1.42 bits per heavy atom. The highest BCUT2D eigenvalue weighted by atomic mass is 32.2. The number of ether oxygens (including phenoxy) is 2. The number of amides is 1. The molecule has 0 bridgehead atoms. The van der Waals surface area contributed by atoms with Gasteiger partial charge in [0.2, 0.25) is 5.91 Å². The summed E-state index contributed by atoms with van der Waals surface area (Å²) in [5.74, 6) is 0.151. The third kappa shape index (κ3) is 2.94. The minimum Gasteiger partial charge on any atom is -0.498 e. The SMILES string of the molecule is COC1=C(C(=O)OCc2ccc([N+](=O)[O-])cc2)N2C(=O)C[C@H]2SC1. The second kappa shape index (κ2) is 6.52. The van der Waals surface area contributed by atoms with E-state index in [2.05, 4.69) is 0 Å². The Morgan fingerprint density at radius 3 is 2.71 bits per heavy atom. The number of nitro groups is 1. The Morgan fingerprint density at radius 2 is 2.12 bits per heavy atom. The van der Waals surface area contributed by atoms with E-state index < -0.39 is 10.9 Å². The first-order chi connectivity index (χ1) is 11.5. The molecule has 126 valence electrons. The van der Waals surface area contributed by atoms with Crippen LogP contribution < -0.4 is 0 Å². The summed E-state index contributed by atoms with van der Waals surface area (Å²) in [4.78, 5) is 35.7. The highest BCUT2D eigenvalue weighted by molar-refractivity contribution is 8.00. The van der Waals surface area contributed by atoms with Crippen LogP contribution in [0.15, 0.2) is 35.7 Å². The standard InChI is InChI=1S/C15H14N2O6S/c1-22-11-8-24-13-6-12(18)16(13)14(11)15(19)23-7-9-2-4-10(5-3-9)17(20)21/h2-5,13H,6-8H2,1H3/t13-/m1/s1. The van der Waals surface area contributed by atoms with E-state index in [1.54, 1.807) is 0 Å². The summed E-state index contributed by atoms with van der Waals surface area (Å²) in [6, 6.07) is 5.72. The largest absolute Gasteiger partial charge is 0.498 e. The fourth-order valence-electron chi connectivity index (χ4n) is 2.46. The van der Waals surface area contributed by atoms with Crippen molar-refractivity contribution in [2.24, 2.45) is 0 Å². The summed E-state index contributed by atoms with van der Waals surface area (Å²) in [5, 5.41) is 10.6. The fraction of sp³-hybridized carbons (Fsp3) is 0.333. The van der Waals surface area contributed by atoms with Gasteiger partial charge in [-0.3, -0.25) is 19.8 Å². The number of thioether (sulfide) groups is 1. The molecule has 1 atom stereocenters. The molecule has 9 heteroatoms. The van der Waals surface area contributed by atoms with Gasteiger partial charge in [0.25, 0.3) is 5.69 Å². The first-order valence-electron chi connectivity index (χ1n) is 7.12. The number of hydrogen-bond donors (Lipinski definition) is 0. The van der Waals surface area contributed by atoms with E-state index in [0.717, 1.165) is 0 Å². The smallest absolute Gasteiger partial charge is 0.358 e. The molecule has 1 amide bonds. The zero-order valence-corrected chi connectivity index (χ0v) is 13.6. The average Bonchev–Trinajstić information content (AvgIpc) is 2.58. The lowest BCUT2D eigenvalue weighted by Crippen LogP contribution is -2.54. The van der Waals surface area contributed by atoms with Crippen LogP contribution in [0.2, 0.25) is 0 Å². The molecule has 8 nitrogen and oxygen atoms in total. The molecule has 2 heterocycles. The lowest BCUT2D eigenvalue weighted by Gasteiger charge is -2.43. The van der Waals surface area contributed by atoms with Gasteiger partial charge < -0.3 is 9.47 Å². The van der Waals surface area contributed by atoms with Crippen molar-refractivity contribution in [1.29, 1.82) is 0 Å². The first-order valence-corrected chi connectivity index (χ1v) is 8.17. The van der Waals surface area contributed by atoms with E-state index in [0.29, 0.717) is 23.5 Å². The van der Waals surface area contributed by atoms with Crippen molar-refractivity contribution in [3.63, 3.8) is 0 Å². The van der Waals surface area contributed by atoms with Crippen molar-refractivity contribution < 1.29 is 24.0 Å². The number of benzene rings is 1. The molecule has 1 aromatic carbocycles. The lowest BCUT2D eigenvalue weighted by atomic mass is 10.1. The van der Waals surface area contributed by atoms with Gasteiger partial charge in [-0.1, -0.05) is 0 Å². The summed E-state index contributed by atoms with van der Waals surface area (Å²) in [6.45, 7) is -0.0445. The summed E-state index contributed by atoms with van der Waals surface area (Å²) >= 11 is 1.54. The zero-order chi connectivity index (χ0) is 17.3. The van der Waals surface area contributed by atoms with E-state index in [4.69, 9.17) is 9.47 Å². The molecule has 2 aliphatic rings. The van der Waals surface area contributed by atoms with Crippen LogP contribution >= 0.6 is 11.8 Å². The van der Waals surface area contributed by atoms with Gasteiger partial charge in [-0.25, -0.2) is 4.79 Å². The Kier molecular flexibility index (Phi) is 4.43. The number of nitro benzene ring substituents is 1. The Bertz CT molecular complexity index is 730. The van der Waals surface area contributed by atoms with E-state index in [1.165, 1.54) is 48.0 Å². The van der Waals surface area contributed by atoms with Gasteiger partial charge in [-0.2, -0.15) is 0 Å². The van der Waals surface area contributed by atoms with Crippen LogP contribution in [-0.2, 0) is 25.7 Å². The quantitative estimate of drug-likeness (QED) is 0.345. The number of β-lactam (4-membered cyclic amide) rings is 1. The van der Waals surface area contributed by atoms with Crippen LogP contribution in [0.4, 0.5) is 5.69 Å². The van der Waals surface area contributed by atoms with Crippen LogP contribution in [0.1, 0.15) is 12.0 Å².